The Morgan fingerprint density at radius 1 is 0.439 bits per heavy atom. The van der Waals surface area contributed by atoms with Gasteiger partial charge in [-0.2, -0.15) is 4.72 Å². The summed E-state index contributed by atoms with van der Waals surface area (Å²) >= 11 is 0. The number of guanidine groups is 2. The summed E-state index contributed by atoms with van der Waals surface area (Å²) < 4.78 is 57.4. The number of benzene rings is 5. The number of aromatic nitrogens is 2. The predicted octanol–water partition coefficient (Wildman–Crippen LogP) is 2.91. The number of nitrogens with zero attached hydrogens (tertiary/aromatic N) is 4. The van der Waals surface area contributed by atoms with Gasteiger partial charge in [0.1, 0.15) is 78.3 Å². The first-order valence-electron chi connectivity index (χ1n) is 48.4. The molecule has 5 aromatic carbocycles. The van der Waals surface area contributed by atoms with E-state index >= 15 is 0 Å². The minimum atomic E-state index is -4.29. The smallest absolute Gasteiger partial charge is 0.245 e. The minimum absolute atomic E-state index is 0.00512. The molecule has 4 saturated heterocycles. The van der Waals surface area contributed by atoms with Crippen LogP contribution in [0.25, 0.3) is 21.8 Å². The number of aromatic hydroxyl groups is 1. The number of hydrogen-bond donors (Lipinski definition) is 19. The number of para-hydroxylation sites is 2. The summed E-state index contributed by atoms with van der Waals surface area (Å²) in [5.41, 5.74) is 27.4. The van der Waals surface area contributed by atoms with E-state index in [0.29, 0.717) is 49.7 Å². The maximum absolute atomic E-state index is 14.9. The van der Waals surface area contributed by atoms with Crippen LogP contribution in [-0.2, 0) is 103 Å². The summed E-state index contributed by atoms with van der Waals surface area (Å²) in [5, 5.41) is 40.6. The Morgan fingerprint density at radius 3 is 1.27 bits per heavy atom. The van der Waals surface area contributed by atoms with Crippen molar-refractivity contribution in [3.8, 4) is 5.75 Å². The summed E-state index contributed by atoms with van der Waals surface area (Å²) in [6.07, 6.45) is 17.1. The molecule has 6 heterocycles. The van der Waals surface area contributed by atoms with E-state index in [-0.39, 0.29) is 151 Å². The average molecular weight is 1960 g/mol. The second-order valence-corrected chi connectivity index (χ2v) is 40.7. The normalized spacial score (nSPS) is 23.0. The van der Waals surface area contributed by atoms with E-state index in [0.717, 1.165) is 109 Å². The van der Waals surface area contributed by atoms with Crippen LogP contribution < -0.4 is 85.5 Å². The molecule has 13 rings (SSSR count). The lowest BCUT2D eigenvalue weighted by Crippen LogP contribution is -2.60. The van der Waals surface area contributed by atoms with Gasteiger partial charge in [-0.05, 0) is 180 Å². The Bertz CT molecular complexity index is 5720. The van der Waals surface area contributed by atoms with Gasteiger partial charge < -0.3 is 101 Å². The van der Waals surface area contributed by atoms with E-state index in [9.17, 15) is 79.5 Å². The van der Waals surface area contributed by atoms with Crippen LogP contribution in [0.5, 0.6) is 5.75 Å². The number of phenols is 1. The predicted molar refractivity (Wildman–Crippen MR) is 525 cm³/mol. The van der Waals surface area contributed by atoms with Gasteiger partial charge in [-0.25, -0.2) is 21.6 Å². The lowest BCUT2D eigenvalue weighted by atomic mass is 9.84. The van der Waals surface area contributed by atoms with E-state index in [1.54, 1.807) is 67.0 Å². The summed E-state index contributed by atoms with van der Waals surface area (Å²) in [4.78, 5) is 191. The van der Waals surface area contributed by atoms with Crippen LogP contribution in [0.4, 0.5) is 0 Å². The molecule has 0 spiro atoms. The van der Waals surface area contributed by atoms with Gasteiger partial charge in [0.2, 0.25) is 90.9 Å². The molecule has 0 radical (unpaired) electrons. The largest absolute Gasteiger partial charge is 0.508 e. The number of carbonyl (C=O) groups excluding carboxylic acids is 12. The molecule has 6 aliphatic rings. The molecule has 139 heavy (non-hydrogen) atoms. The monoisotopic (exact) mass is 1950 g/mol. The molecule has 2 saturated carbocycles. The Kier molecular flexibility index (Phi) is 38.1. The summed E-state index contributed by atoms with van der Waals surface area (Å²) in [5.74, 6) is -7.38. The van der Waals surface area contributed by atoms with E-state index < -0.39 is 163 Å². The highest BCUT2D eigenvalue weighted by Gasteiger charge is 2.45. The molecule has 12 atom stereocenters. The van der Waals surface area contributed by atoms with E-state index in [1.807, 2.05) is 55.5 Å². The number of H-pyrrole nitrogens is 2. The van der Waals surface area contributed by atoms with Gasteiger partial charge in [-0.1, -0.05) is 161 Å². The van der Waals surface area contributed by atoms with E-state index in [2.05, 4.69) is 82.6 Å². The maximum atomic E-state index is 14.9. The molecule has 12 amide bonds. The molecule has 750 valence electrons. The number of nitrogens with two attached hydrogens (primary N) is 4. The van der Waals surface area contributed by atoms with Crippen LogP contribution in [0.2, 0.25) is 0 Å². The number of fused-ring (bicyclic) bond motifs is 4. The number of aliphatic imine (C=N–C) groups is 2. The summed E-state index contributed by atoms with van der Waals surface area (Å²) in [6, 6.07) is 22.0. The third-order valence-electron chi connectivity index (χ3n) is 26.6. The number of sulfonamides is 2. The third-order valence-corrected chi connectivity index (χ3v) is 28.8. The lowest BCUT2D eigenvalue weighted by Gasteiger charge is -2.32. The van der Waals surface area contributed by atoms with Gasteiger partial charge >= 0.3 is 0 Å². The summed E-state index contributed by atoms with van der Waals surface area (Å²) in [7, 11) is -8.17. The third kappa shape index (κ3) is 31.0. The maximum Gasteiger partial charge on any atom is 0.245 e. The minimum Gasteiger partial charge on any atom is -0.508 e. The number of amides is 12. The van der Waals surface area contributed by atoms with Crippen molar-refractivity contribution in [2.75, 3.05) is 45.5 Å². The fourth-order valence-corrected chi connectivity index (χ4v) is 21.2. The van der Waals surface area contributed by atoms with Crippen molar-refractivity contribution in [3.05, 3.63) is 168 Å². The van der Waals surface area contributed by atoms with Crippen molar-refractivity contribution in [3.63, 3.8) is 0 Å². The Morgan fingerprint density at radius 2 is 0.835 bits per heavy atom. The standard InChI is InChI=1S/C52H69N11O9S.C46H65N11O8S/c1-32-17-23-37(24-18-32)73(71,72)62-44(29-34-19-21-36(64)22-20-34)49(68)59-41-15-8-25-55-46(65)40(14-7-26-56-52(53)54)58-48(67)43(30-35-31-57-39-13-6-5-12-38(35)39)60-47(66)42(28-33-10-3-2-4-11-33)61-50(69)45-16-9-27-63(45)51(41)70;1-66(64,65)56-38(26-30-15-6-3-7-16-30)43(61)53-35-20-11-22-49-40(58)34(19-10-23-50-46(47)48)52-42(60)37(27-31-28-51-33-18-9-8-17-32(31)33)54-41(59)36(25-29-13-4-2-5-14-29)55-44(62)39-21-12-24-57(39)45(35)63/h5-6,12-13,17-24,31,33,40-45,57,62,64H,2-4,7-11,14-16,25-30H2,1H3,(H,55,65)(H,58,67)(H,59,68)(H,60,66)(H,61,69)(H4,53,54,56);3,6-9,15-18,28-29,34-39,51,56H,2,4-5,10-14,19-27H2,1H3,(H,49,58)(H,52,60)(H,53,61)(H,54,59)(H,55,62)(H4,47,48,50)/t40-,41-,42+,43-,44-,45-;34-,35?,36+,37-,38-,39-/m00/s1. The van der Waals surface area contributed by atoms with Crippen LogP contribution in [0.15, 0.2) is 155 Å². The molecule has 39 nitrogen and oxygen atoms in total. The molecule has 0 bridgehead atoms. The van der Waals surface area contributed by atoms with Crippen molar-refractivity contribution < 1.29 is 79.5 Å². The first-order chi connectivity index (χ1) is 66.7. The van der Waals surface area contributed by atoms with Crippen LogP contribution in [-0.4, -0.2) is 243 Å². The number of hydrogen-bond acceptors (Lipinski definition) is 19. The molecule has 23 N–H and O–H groups in total. The fourth-order valence-electron chi connectivity index (χ4n) is 19.3. The van der Waals surface area contributed by atoms with Gasteiger partial charge in [0, 0.05) is 86.3 Å². The van der Waals surface area contributed by atoms with E-state index in [1.165, 1.54) is 34.1 Å². The zero-order valence-electron chi connectivity index (χ0n) is 78.8. The molecule has 2 aromatic heterocycles. The number of carbonyl (C=O) groups is 12. The van der Waals surface area contributed by atoms with Crippen LogP contribution in [0, 0.1) is 18.8 Å². The molecule has 1 unspecified atom stereocenters. The first-order valence-corrected chi connectivity index (χ1v) is 51.7. The Labute approximate surface area is 809 Å². The van der Waals surface area contributed by atoms with Crippen LogP contribution in [0.1, 0.15) is 182 Å². The average Bonchev–Trinajstić information content (AvgIpc) is 1.60. The van der Waals surface area contributed by atoms with Gasteiger partial charge in [-0.3, -0.25) is 67.5 Å². The van der Waals surface area contributed by atoms with Crippen molar-refractivity contribution in [1.82, 2.24) is 82.4 Å². The van der Waals surface area contributed by atoms with Crippen LogP contribution >= 0.6 is 0 Å². The van der Waals surface area contributed by atoms with Crippen molar-refractivity contribution in [2.45, 2.75) is 264 Å². The number of aromatic amines is 2. The van der Waals surface area contributed by atoms with E-state index in [4.69, 9.17) is 22.9 Å². The van der Waals surface area contributed by atoms with Gasteiger partial charge in [0.25, 0.3) is 0 Å². The van der Waals surface area contributed by atoms with Gasteiger partial charge in [-0.15, -0.1) is 0 Å². The highest BCUT2D eigenvalue weighted by Crippen LogP contribution is 2.32. The Hall–Kier alpha value is -13.0. The van der Waals surface area contributed by atoms with Gasteiger partial charge in [0.05, 0.1) is 11.2 Å². The number of phenolic OH excluding ortho intramolecular Hbond substituents is 1. The second-order valence-electron chi connectivity index (χ2n) is 37.2. The number of aryl methyl sites for hydroxylation is 1. The first kappa shape index (κ1) is 105. The zero-order valence-corrected chi connectivity index (χ0v) is 80.4. The fraction of sp³-hybridized carbons (Fsp3) is 0.510. The topological polar surface area (TPSA) is 605 Å². The molecular formula is C98H134N22O17S2. The van der Waals surface area contributed by atoms with Crippen molar-refractivity contribution in [1.29, 1.82) is 0 Å². The molecule has 4 aliphatic heterocycles. The molecule has 41 heteroatoms. The van der Waals surface area contributed by atoms with Crippen molar-refractivity contribution in [2.24, 2.45) is 44.8 Å². The van der Waals surface area contributed by atoms with Crippen molar-refractivity contribution >= 4 is 125 Å². The lowest BCUT2D eigenvalue weighted by molar-refractivity contribution is -0.142. The number of nitrogens with one attached hydrogen (secondary N) is 14. The number of rotatable bonds is 29. The molecular weight excluding hydrogens is 1820 g/mol. The van der Waals surface area contributed by atoms with Gasteiger partial charge in [0.15, 0.2) is 11.9 Å². The molecule has 2 aliphatic carbocycles. The molecule has 7 aromatic rings. The highest BCUT2D eigenvalue weighted by atomic mass is 32.2. The Balaban J connectivity index is 0.000000250. The highest BCUT2D eigenvalue weighted by molar-refractivity contribution is 7.89. The zero-order chi connectivity index (χ0) is 99.3. The molecule has 6 fully saturated rings. The van der Waals surface area contributed by atoms with Crippen LogP contribution in [0.3, 0.4) is 0 Å². The quantitative estimate of drug-likeness (QED) is 0.0182. The second kappa shape index (κ2) is 50.5. The SMILES string of the molecule is CS(=O)(=O)N[C@@H](Cc1ccccc1)C(=O)NC1CCCNC(=O)[C@H](CCCN=C(N)N)NC(=O)[C@H](Cc2c[nH]c3ccccc23)NC(=O)[C@@H](CC2CCCCC2)NC(=O)[C@@H]2CCCN2C1=O.Cc1ccc(S(=O)(=O)N[C@@H](Cc2ccc(O)cc2)C(=O)N[C@H]2CCCNC(=O)[C@H](CCCN=C(N)N)NC(=O)[C@H](Cc3c[nH]c4ccccc34)NC(=O)[C@@H](CC3CCCCC3)NC(=O)[C@@H]3CCCN3C2=O)cc1. The summed E-state index contributed by atoms with van der Waals surface area (Å²) in [6.45, 7) is 2.51.